The number of carboxylic acid groups (broad SMARTS) is 1. The molecule has 66 valence electrons. The fourth-order valence-corrected chi connectivity index (χ4v) is 0.878. The Kier molecular flexibility index (Phi) is 5.78. The van der Waals surface area contributed by atoms with Crippen molar-refractivity contribution < 1.29 is 9.90 Å². The average Bonchev–Trinajstić information content (AvgIpc) is 1.97. The summed E-state index contributed by atoms with van der Waals surface area (Å²) in [5.41, 5.74) is 0. The zero-order valence-corrected chi connectivity index (χ0v) is 7.05. The summed E-state index contributed by atoms with van der Waals surface area (Å²) in [5.74, 6) is -0.750. The van der Waals surface area contributed by atoms with E-state index in [9.17, 15) is 4.79 Å². The first kappa shape index (κ1) is 10.4. The molecule has 0 amide bonds. The highest BCUT2D eigenvalue weighted by molar-refractivity contribution is 5.67. The van der Waals surface area contributed by atoms with Crippen LogP contribution in [-0.4, -0.2) is 37.8 Å². The molecule has 3 N–H and O–H groups in total. The molecule has 0 aliphatic rings. The summed E-state index contributed by atoms with van der Waals surface area (Å²) in [7, 11) is 3.64. The van der Waals surface area contributed by atoms with Crippen LogP contribution in [0, 0.1) is 0 Å². The minimum atomic E-state index is -0.750. The van der Waals surface area contributed by atoms with Crippen molar-refractivity contribution in [1.82, 2.24) is 10.6 Å². The Morgan fingerprint density at radius 1 is 1.55 bits per heavy atom. The van der Waals surface area contributed by atoms with Gasteiger partial charge in [-0.15, -0.1) is 0 Å². The molecular formula is C7H16N2O2. The Morgan fingerprint density at radius 3 is 2.55 bits per heavy atom. The van der Waals surface area contributed by atoms with Crippen LogP contribution in [0.1, 0.15) is 12.8 Å². The zero-order valence-electron chi connectivity index (χ0n) is 7.05. The van der Waals surface area contributed by atoms with Gasteiger partial charge in [0.15, 0.2) is 0 Å². The average molecular weight is 160 g/mol. The number of nitrogens with one attached hydrogen (secondary N) is 2. The summed E-state index contributed by atoms with van der Waals surface area (Å²) >= 11 is 0. The number of carboxylic acids is 1. The van der Waals surface area contributed by atoms with Crippen molar-refractivity contribution in [2.24, 2.45) is 0 Å². The van der Waals surface area contributed by atoms with E-state index in [0.29, 0.717) is 0 Å². The Balaban J connectivity index is 3.49. The van der Waals surface area contributed by atoms with Crippen LogP contribution >= 0.6 is 0 Å². The molecule has 4 nitrogen and oxygen atoms in total. The van der Waals surface area contributed by atoms with Gasteiger partial charge < -0.3 is 15.7 Å². The van der Waals surface area contributed by atoms with Gasteiger partial charge in [0, 0.05) is 6.04 Å². The number of hydrogen-bond acceptors (Lipinski definition) is 3. The van der Waals surface area contributed by atoms with Crippen molar-refractivity contribution in [1.29, 1.82) is 0 Å². The van der Waals surface area contributed by atoms with Crippen molar-refractivity contribution in [3.8, 4) is 0 Å². The molecule has 0 fully saturated rings. The van der Waals surface area contributed by atoms with E-state index in [1.165, 1.54) is 0 Å². The Hall–Kier alpha value is -0.610. The molecule has 0 saturated carbocycles. The number of hydrogen-bond donors (Lipinski definition) is 3. The van der Waals surface area contributed by atoms with Crippen LogP contribution in [-0.2, 0) is 4.79 Å². The minimum absolute atomic E-state index is 0.0833. The molecule has 4 heteroatoms. The van der Waals surface area contributed by atoms with Crippen molar-refractivity contribution in [3.63, 3.8) is 0 Å². The van der Waals surface area contributed by atoms with Crippen molar-refractivity contribution in [2.75, 3.05) is 20.6 Å². The van der Waals surface area contributed by atoms with Crippen LogP contribution in [0.2, 0.25) is 0 Å². The van der Waals surface area contributed by atoms with Gasteiger partial charge in [-0.2, -0.15) is 0 Å². The fourth-order valence-electron chi connectivity index (χ4n) is 0.878. The first-order chi connectivity index (χ1) is 5.20. The Morgan fingerprint density at radius 2 is 2.18 bits per heavy atom. The molecule has 0 rings (SSSR count). The van der Waals surface area contributed by atoms with Gasteiger partial charge in [-0.25, -0.2) is 0 Å². The van der Waals surface area contributed by atoms with Gasteiger partial charge in [0.1, 0.15) is 0 Å². The van der Waals surface area contributed by atoms with Crippen LogP contribution in [0.15, 0.2) is 0 Å². The maximum atomic E-state index is 10.3. The molecule has 0 aromatic heterocycles. The lowest BCUT2D eigenvalue weighted by Crippen LogP contribution is -2.31. The first-order valence-electron chi connectivity index (χ1n) is 3.74. The van der Waals surface area contributed by atoms with E-state index >= 15 is 0 Å². The first-order valence-corrected chi connectivity index (χ1v) is 3.74. The summed E-state index contributed by atoms with van der Waals surface area (Å²) in [6.45, 7) is 0.846. The zero-order chi connectivity index (χ0) is 8.69. The van der Waals surface area contributed by atoms with Crippen LogP contribution in [0.3, 0.4) is 0 Å². The highest BCUT2D eigenvalue weighted by Crippen LogP contribution is 1.95. The summed E-state index contributed by atoms with van der Waals surface area (Å²) in [4.78, 5) is 10.3. The Labute approximate surface area is 67.0 Å². The van der Waals surface area contributed by atoms with Gasteiger partial charge in [0.25, 0.3) is 0 Å². The summed E-state index contributed by atoms with van der Waals surface area (Å²) in [5, 5.41) is 14.4. The second-order valence-corrected chi connectivity index (χ2v) is 2.48. The van der Waals surface area contributed by atoms with Gasteiger partial charge in [0.05, 0.1) is 6.42 Å². The number of aliphatic carboxylic acids is 1. The number of rotatable bonds is 6. The van der Waals surface area contributed by atoms with Gasteiger partial charge in [-0.3, -0.25) is 4.79 Å². The maximum Gasteiger partial charge on any atom is 0.304 e. The van der Waals surface area contributed by atoms with Crippen LogP contribution in [0.4, 0.5) is 0 Å². The quantitative estimate of drug-likeness (QED) is 0.497. The molecule has 1 atom stereocenters. The van der Waals surface area contributed by atoms with E-state index in [0.717, 1.165) is 13.0 Å². The minimum Gasteiger partial charge on any atom is -0.481 e. The van der Waals surface area contributed by atoms with Crippen LogP contribution < -0.4 is 10.6 Å². The maximum absolute atomic E-state index is 10.3. The molecule has 0 aliphatic heterocycles. The topological polar surface area (TPSA) is 61.4 Å². The third kappa shape index (κ3) is 5.82. The second-order valence-electron chi connectivity index (χ2n) is 2.48. The van der Waals surface area contributed by atoms with E-state index in [4.69, 9.17) is 5.11 Å². The monoisotopic (exact) mass is 160 g/mol. The SMILES string of the molecule is CNCC[C@@H](CC(=O)O)NC. The lowest BCUT2D eigenvalue weighted by molar-refractivity contribution is -0.137. The smallest absolute Gasteiger partial charge is 0.304 e. The van der Waals surface area contributed by atoms with E-state index in [1.54, 1.807) is 7.05 Å². The molecule has 0 radical (unpaired) electrons. The van der Waals surface area contributed by atoms with Gasteiger partial charge in [-0.1, -0.05) is 0 Å². The molecule has 11 heavy (non-hydrogen) atoms. The molecule has 0 saturated heterocycles. The van der Waals surface area contributed by atoms with E-state index in [1.807, 2.05) is 7.05 Å². The molecule has 0 unspecified atom stereocenters. The highest BCUT2D eigenvalue weighted by atomic mass is 16.4. The summed E-state index contributed by atoms with van der Waals surface area (Å²) in [6.07, 6.45) is 1.04. The lowest BCUT2D eigenvalue weighted by atomic mass is 10.1. The standard InChI is InChI=1S/C7H16N2O2/c1-8-4-3-6(9-2)5-7(10)11/h6,8-9H,3-5H2,1-2H3,(H,10,11)/t6-/m0/s1. The van der Waals surface area contributed by atoms with Crippen molar-refractivity contribution in [2.45, 2.75) is 18.9 Å². The summed E-state index contributed by atoms with van der Waals surface area (Å²) in [6, 6.07) is 0.0833. The van der Waals surface area contributed by atoms with Crippen LogP contribution in [0.25, 0.3) is 0 Å². The van der Waals surface area contributed by atoms with Crippen molar-refractivity contribution in [3.05, 3.63) is 0 Å². The largest absolute Gasteiger partial charge is 0.481 e. The third-order valence-electron chi connectivity index (χ3n) is 1.57. The molecule has 0 spiro atoms. The predicted octanol–water partition coefficient (Wildman–Crippen LogP) is -0.341. The summed E-state index contributed by atoms with van der Waals surface area (Å²) < 4.78 is 0. The lowest BCUT2D eigenvalue weighted by Gasteiger charge is -2.12. The van der Waals surface area contributed by atoms with E-state index in [2.05, 4.69) is 10.6 Å². The number of carbonyl (C=O) groups is 1. The molecule has 0 bridgehead atoms. The second kappa shape index (κ2) is 6.12. The van der Waals surface area contributed by atoms with Gasteiger partial charge in [0.2, 0.25) is 0 Å². The Bertz CT molecular complexity index is 117. The van der Waals surface area contributed by atoms with Crippen LogP contribution in [0.5, 0.6) is 0 Å². The molecule has 0 aromatic rings. The van der Waals surface area contributed by atoms with E-state index < -0.39 is 5.97 Å². The third-order valence-corrected chi connectivity index (χ3v) is 1.57. The van der Waals surface area contributed by atoms with Gasteiger partial charge in [-0.05, 0) is 27.1 Å². The molecule has 0 heterocycles. The molecule has 0 aromatic carbocycles. The highest BCUT2D eigenvalue weighted by Gasteiger charge is 2.09. The van der Waals surface area contributed by atoms with E-state index in [-0.39, 0.29) is 12.5 Å². The predicted molar refractivity (Wildman–Crippen MR) is 43.6 cm³/mol. The van der Waals surface area contributed by atoms with Crippen molar-refractivity contribution >= 4 is 5.97 Å². The van der Waals surface area contributed by atoms with Gasteiger partial charge >= 0.3 is 5.97 Å². The molecule has 0 aliphatic carbocycles. The normalized spacial score (nSPS) is 12.9. The fraction of sp³-hybridized carbons (Fsp3) is 0.857. The molecular weight excluding hydrogens is 144 g/mol.